The second-order valence-electron chi connectivity index (χ2n) is 2.68. The van der Waals surface area contributed by atoms with Crippen LogP contribution in [0.3, 0.4) is 0 Å². The molecule has 1 heterocycles. The Balaban J connectivity index is 0.000000845. The maximum Gasteiger partial charge on any atom is 0.186 e. The quantitative estimate of drug-likeness (QED) is 0.631. The van der Waals surface area contributed by atoms with Crippen molar-refractivity contribution in [3.8, 4) is 0 Å². The van der Waals surface area contributed by atoms with Crippen LogP contribution in [0, 0.1) is 0 Å². The summed E-state index contributed by atoms with van der Waals surface area (Å²) in [6.45, 7) is 0. The van der Waals surface area contributed by atoms with Crippen LogP contribution in [0.1, 0.15) is 17.8 Å². The molecule has 0 saturated heterocycles. The molecule has 4 heteroatoms. The molecule has 1 aliphatic rings. The van der Waals surface area contributed by atoms with E-state index in [4.69, 9.17) is 0 Å². The third-order valence-electron chi connectivity index (χ3n) is 1.84. The van der Waals surface area contributed by atoms with Crippen molar-refractivity contribution in [3.63, 3.8) is 0 Å². The lowest BCUT2D eigenvalue weighted by Gasteiger charge is -1.92. The van der Waals surface area contributed by atoms with Crippen LogP contribution in [0.2, 0.25) is 0 Å². The Bertz CT molecular complexity index is 446. The highest BCUT2D eigenvalue weighted by Crippen LogP contribution is 2.24. The zero-order valence-electron chi connectivity index (χ0n) is 6.15. The average molecular weight is 198 g/mol. The number of hydrogen-bond donors (Lipinski definition) is 0. The van der Waals surface area contributed by atoms with Gasteiger partial charge in [-0.05, 0) is 6.07 Å². The Kier molecular flexibility index (Phi) is 2.26. The van der Waals surface area contributed by atoms with E-state index in [1.807, 2.05) is 0 Å². The van der Waals surface area contributed by atoms with E-state index < -0.39 is 9.84 Å². The van der Waals surface area contributed by atoms with E-state index >= 15 is 0 Å². The first-order chi connectivity index (χ1) is 5.61. The van der Waals surface area contributed by atoms with Gasteiger partial charge in [-0.1, -0.05) is 25.6 Å². The third kappa shape index (κ3) is 1.37. The van der Waals surface area contributed by atoms with Crippen molar-refractivity contribution < 1.29 is 13.2 Å². The van der Waals surface area contributed by atoms with Gasteiger partial charge in [0, 0.05) is 5.56 Å². The molecule has 0 fully saturated rings. The highest BCUT2D eigenvalue weighted by atomic mass is 32.2. The molecule has 0 saturated carbocycles. The number of rotatable bonds is 0. The van der Waals surface area contributed by atoms with Crippen molar-refractivity contribution in [1.82, 2.24) is 0 Å². The molecule has 0 radical (unpaired) electrons. The first kappa shape index (κ1) is 9.92. The Morgan fingerprint density at radius 2 is 1.77 bits per heavy atom. The fourth-order valence-electron chi connectivity index (χ4n) is 1.30. The summed E-state index contributed by atoms with van der Waals surface area (Å²) in [7, 11) is -3.30. The summed E-state index contributed by atoms with van der Waals surface area (Å²) in [4.78, 5) is 11.3. The lowest BCUT2D eigenvalue weighted by Crippen LogP contribution is -2.03. The standard InChI is InChI=1S/C8H6O3S.CH4/c9-7-5-12(10,11)8-4-2-1-3-6(7)8;/h1-4H,5H2;1H4. The van der Waals surface area contributed by atoms with Crippen molar-refractivity contribution in [1.29, 1.82) is 0 Å². The molecule has 0 aliphatic carbocycles. The zero-order chi connectivity index (χ0) is 8.77. The second-order valence-corrected chi connectivity index (χ2v) is 4.64. The summed E-state index contributed by atoms with van der Waals surface area (Å²) in [6, 6.07) is 6.30. The third-order valence-corrected chi connectivity index (χ3v) is 3.51. The molecule has 2 rings (SSSR count). The van der Waals surface area contributed by atoms with Gasteiger partial charge in [0.1, 0.15) is 5.75 Å². The minimum atomic E-state index is -3.30. The van der Waals surface area contributed by atoms with Crippen molar-refractivity contribution in [2.45, 2.75) is 12.3 Å². The molecular formula is C9H10O3S. The predicted octanol–water partition coefficient (Wildman–Crippen LogP) is 1.29. The lowest BCUT2D eigenvalue weighted by atomic mass is 10.2. The van der Waals surface area contributed by atoms with Crippen molar-refractivity contribution in [3.05, 3.63) is 29.8 Å². The Morgan fingerprint density at radius 3 is 2.38 bits per heavy atom. The van der Waals surface area contributed by atoms with Gasteiger partial charge in [0.05, 0.1) is 4.90 Å². The summed E-state index contributed by atoms with van der Waals surface area (Å²) in [5, 5.41) is 0. The largest absolute Gasteiger partial charge is 0.293 e. The number of Topliss-reactive ketones (excluding diaryl/α,β-unsaturated/α-hetero) is 1. The Morgan fingerprint density at radius 1 is 1.15 bits per heavy atom. The molecule has 0 unspecified atom stereocenters. The molecule has 3 nitrogen and oxygen atoms in total. The molecule has 0 aromatic heterocycles. The predicted molar refractivity (Wildman–Crippen MR) is 49.6 cm³/mol. The van der Waals surface area contributed by atoms with E-state index in [0.29, 0.717) is 5.56 Å². The van der Waals surface area contributed by atoms with Crippen molar-refractivity contribution in [2.75, 3.05) is 5.75 Å². The van der Waals surface area contributed by atoms with Gasteiger partial charge in [-0.2, -0.15) is 0 Å². The van der Waals surface area contributed by atoms with E-state index in [1.54, 1.807) is 18.2 Å². The number of fused-ring (bicyclic) bond motifs is 1. The van der Waals surface area contributed by atoms with Crippen LogP contribution in [-0.2, 0) is 9.84 Å². The molecule has 1 aromatic rings. The maximum absolute atomic E-state index is 11.2. The van der Waals surface area contributed by atoms with Crippen molar-refractivity contribution >= 4 is 15.6 Å². The normalized spacial score (nSPS) is 17.7. The minimum absolute atomic E-state index is 0. The van der Waals surface area contributed by atoms with Gasteiger partial charge in [0.25, 0.3) is 0 Å². The minimum Gasteiger partial charge on any atom is -0.293 e. The lowest BCUT2D eigenvalue weighted by molar-refractivity contribution is 0.102. The number of carbonyl (C=O) groups is 1. The number of hydrogen-bond acceptors (Lipinski definition) is 3. The maximum atomic E-state index is 11.2. The molecule has 0 atom stereocenters. The van der Waals surface area contributed by atoms with Crippen LogP contribution >= 0.6 is 0 Å². The molecular weight excluding hydrogens is 188 g/mol. The first-order valence-corrected chi connectivity index (χ1v) is 5.11. The molecule has 0 spiro atoms. The van der Waals surface area contributed by atoms with E-state index in [9.17, 15) is 13.2 Å². The van der Waals surface area contributed by atoms with Crippen LogP contribution in [0.4, 0.5) is 0 Å². The first-order valence-electron chi connectivity index (χ1n) is 3.46. The fraction of sp³-hybridized carbons (Fsp3) is 0.222. The summed E-state index contributed by atoms with van der Waals surface area (Å²) >= 11 is 0. The van der Waals surface area contributed by atoms with E-state index in [0.717, 1.165) is 0 Å². The molecule has 70 valence electrons. The summed E-state index contributed by atoms with van der Waals surface area (Å²) in [5.74, 6) is -0.669. The molecule has 1 aliphatic heterocycles. The van der Waals surface area contributed by atoms with Crippen LogP contribution in [0.15, 0.2) is 29.2 Å². The van der Waals surface area contributed by atoms with Gasteiger partial charge in [-0.15, -0.1) is 0 Å². The highest BCUT2D eigenvalue weighted by Gasteiger charge is 2.32. The Hall–Kier alpha value is -1.16. The fourth-order valence-corrected chi connectivity index (χ4v) is 2.76. The second kappa shape index (κ2) is 2.96. The van der Waals surface area contributed by atoms with Crippen LogP contribution < -0.4 is 0 Å². The number of carbonyl (C=O) groups excluding carboxylic acids is 1. The van der Waals surface area contributed by atoms with Gasteiger partial charge >= 0.3 is 0 Å². The summed E-state index contributed by atoms with van der Waals surface area (Å²) in [5.41, 5.74) is 0.331. The average Bonchev–Trinajstić information content (AvgIpc) is 2.25. The SMILES string of the molecule is C.O=C1CS(=O)(=O)c2ccccc21. The summed E-state index contributed by atoms with van der Waals surface area (Å²) in [6.07, 6.45) is 0. The molecule has 0 N–H and O–H groups in total. The Labute approximate surface area is 77.3 Å². The van der Waals surface area contributed by atoms with Crippen LogP contribution in [0.25, 0.3) is 0 Å². The molecule has 0 amide bonds. The number of ketones is 1. The van der Waals surface area contributed by atoms with Gasteiger partial charge in [0.15, 0.2) is 15.6 Å². The number of sulfone groups is 1. The van der Waals surface area contributed by atoms with E-state index in [-0.39, 0.29) is 23.9 Å². The topological polar surface area (TPSA) is 51.2 Å². The van der Waals surface area contributed by atoms with Gasteiger partial charge in [-0.25, -0.2) is 8.42 Å². The van der Waals surface area contributed by atoms with Gasteiger partial charge in [-0.3, -0.25) is 4.79 Å². The summed E-state index contributed by atoms with van der Waals surface area (Å²) < 4.78 is 22.5. The zero-order valence-corrected chi connectivity index (χ0v) is 6.97. The molecule has 1 aromatic carbocycles. The van der Waals surface area contributed by atoms with Crippen LogP contribution in [-0.4, -0.2) is 20.0 Å². The van der Waals surface area contributed by atoms with Crippen molar-refractivity contribution in [2.24, 2.45) is 0 Å². The number of benzene rings is 1. The molecule has 0 bridgehead atoms. The highest BCUT2D eigenvalue weighted by molar-refractivity contribution is 7.92. The monoisotopic (exact) mass is 198 g/mol. The van der Waals surface area contributed by atoms with Gasteiger partial charge in [0.2, 0.25) is 0 Å². The van der Waals surface area contributed by atoms with E-state index in [1.165, 1.54) is 6.07 Å². The smallest absolute Gasteiger partial charge is 0.186 e. The van der Waals surface area contributed by atoms with Gasteiger partial charge < -0.3 is 0 Å². The van der Waals surface area contributed by atoms with E-state index in [2.05, 4.69) is 0 Å². The molecule has 13 heavy (non-hydrogen) atoms. The van der Waals surface area contributed by atoms with Crippen LogP contribution in [0.5, 0.6) is 0 Å².